The quantitative estimate of drug-likeness (QED) is 0.190. The maximum absolute atomic E-state index is 12.9. The monoisotopic (exact) mass is 453 g/mol. The number of hydrogen-bond acceptors (Lipinski definition) is 7. The number of hydrogen-bond donors (Lipinski definition) is 1. The Labute approximate surface area is 189 Å². The number of nitro benzene ring substituents is 1. The van der Waals surface area contributed by atoms with Gasteiger partial charge in [0.05, 0.1) is 10.4 Å². The molecule has 10 nitrogen and oxygen atoms in total. The molecule has 3 rings (SSSR count). The van der Waals surface area contributed by atoms with Gasteiger partial charge in [-0.1, -0.05) is 18.2 Å². The number of alkyl carbamates (subject to hydrolysis) is 1. The first-order valence-electron chi connectivity index (χ1n) is 10.1. The molecule has 0 saturated heterocycles. The van der Waals surface area contributed by atoms with Crippen molar-refractivity contribution in [3.8, 4) is 5.75 Å². The predicted molar refractivity (Wildman–Crippen MR) is 120 cm³/mol. The Bertz CT molecular complexity index is 1190. The van der Waals surface area contributed by atoms with Crippen molar-refractivity contribution < 1.29 is 28.8 Å². The van der Waals surface area contributed by atoms with Crippen LogP contribution in [-0.2, 0) is 20.7 Å². The van der Waals surface area contributed by atoms with Gasteiger partial charge in [-0.2, -0.15) is 0 Å². The molecule has 0 bridgehead atoms. The largest absolute Gasteiger partial charge is 0.444 e. The first-order valence-corrected chi connectivity index (χ1v) is 10.1. The van der Waals surface area contributed by atoms with E-state index in [1.165, 1.54) is 28.8 Å². The van der Waals surface area contributed by atoms with Crippen molar-refractivity contribution >= 4 is 35.1 Å². The van der Waals surface area contributed by atoms with Crippen molar-refractivity contribution in [2.24, 2.45) is 0 Å². The van der Waals surface area contributed by atoms with Gasteiger partial charge in [-0.3, -0.25) is 19.5 Å². The second kappa shape index (κ2) is 9.51. The first kappa shape index (κ1) is 23.5. The van der Waals surface area contributed by atoms with Gasteiger partial charge < -0.3 is 14.8 Å². The molecule has 1 aromatic heterocycles. The minimum absolute atomic E-state index is 0.0202. The van der Waals surface area contributed by atoms with Gasteiger partial charge in [-0.25, -0.2) is 9.59 Å². The molecule has 0 aliphatic heterocycles. The Morgan fingerprint density at radius 1 is 1.15 bits per heavy atom. The summed E-state index contributed by atoms with van der Waals surface area (Å²) in [5.74, 6) is -0.713. The van der Waals surface area contributed by atoms with Crippen molar-refractivity contribution in [2.75, 3.05) is 0 Å². The number of fused-ring (bicyclic) bond motifs is 1. The summed E-state index contributed by atoms with van der Waals surface area (Å²) in [7, 11) is 0. The molecule has 0 aliphatic rings. The van der Waals surface area contributed by atoms with Crippen LogP contribution < -0.4 is 10.1 Å². The second-order valence-corrected chi connectivity index (χ2v) is 8.26. The van der Waals surface area contributed by atoms with E-state index in [1.807, 2.05) is 0 Å². The topological polar surface area (TPSA) is 130 Å². The van der Waals surface area contributed by atoms with Gasteiger partial charge >= 0.3 is 12.1 Å². The first-order chi connectivity index (χ1) is 15.6. The van der Waals surface area contributed by atoms with Crippen molar-refractivity contribution in [1.82, 2.24) is 9.88 Å². The minimum atomic E-state index is -1.15. The number of nitrogens with zero attached hydrogens (tertiary/aromatic N) is 2. The summed E-state index contributed by atoms with van der Waals surface area (Å²) in [4.78, 5) is 47.0. The summed E-state index contributed by atoms with van der Waals surface area (Å²) in [6.45, 7) is 5.07. The van der Waals surface area contributed by atoms with Gasteiger partial charge in [-0.15, -0.1) is 0 Å². The lowest BCUT2D eigenvalue weighted by Crippen LogP contribution is -2.46. The fraction of sp³-hybridized carbons (Fsp3) is 0.261. The number of amides is 1. The van der Waals surface area contributed by atoms with Crippen LogP contribution in [0.5, 0.6) is 5.75 Å². The maximum atomic E-state index is 12.9. The van der Waals surface area contributed by atoms with Crippen molar-refractivity contribution in [3.63, 3.8) is 0 Å². The van der Waals surface area contributed by atoms with E-state index in [2.05, 4.69) is 5.32 Å². The molecule has 1 atom stereocenters. The number of aromatic nitrogens is 1. The van der Waals surface area contributed by atoms with Gasteiger partial charge in [0.25, 0.3) is 5.69 Å². The van der Waals surface area contributed by atoms with Crippen LogP contribution in [0.1, 0.15) is 26.3 Å². The molecule has 0 aliphatic carbocycles. The Hall–Kier alpha value is -4.21. The van der Waals surface area contributed by atoms with Crippen LogP contribution in [0, 0.1) is 10.1 Å². The van der Waals surface area contributed by atoms with E-state index < -0.39 is 28.6 Å². The van der Waals surface area contributed by atoms with E-state index in [0.29, 0.717) is 17.5 Å². The SMILES string of the molecule is CC(C)(C)OC(=O)N[C@H](Cc1cn(C=O)c2ccccc12)C(=O)Oc1ccc([N+](=O)[O-])cc1. The molecule has 33 heavy (non-hydrogen) atoms. The second-order valence-electron chi connectivity index (χ2n) is 8.26. The number of ether oxygens (including phenoxy) is 2. The van der Waals surface area contributed by atoms with Gasteiger partial charge in [-0.05, 0) is 44.5 Å². The molecule has 0 unspecified atom stereocenters. The average Bonchev–Trinajstić information content (AvgIpc) is 3.10. The molecular formula is C23H23N3O7. The highest BCUT2D eigenvalue weighted by molar-refractivity contribution is 5.90. The third kappa shape index (κ3) is 5.94. The van der Waals surface area contributed by atoms with Crippen molar-refractivity contribution in [3.05, 3.63) is 70.4 Å². The normalized spacial score (nSPS) is 12.1. The van der Waals surface area contributed by atoms with Gasteiger partial charge in [0.15, 0.2) is 0 Å². The molecule has 172 valence electrons. The Morgan fingerprint density at radius 2 is 1.82 bits per heavy atom. The van der Waals surface area contributed by atoms with E-state index in [9.17, 15) is 24.5 Å². The van der Waals surface area contributed by atoms with Gasteiger partial charge in [0.1, 0.15) is 17.4 Å². The molecule has 2 aromatic carbocycles. The van der Waals surface area contributed by atoms with Crippen molar-refractivity contribution in [1.29, 1.82) is 0 Å². The number of esters is 1. The predicted octanol–water partition coefficient (Wildman–Crippen LogP) is 3.63. The molecular weight excluding hydrogens is 430 g/mol. The van der Waals surface area contributed by atoms with Crippen LogP contribution in [-0.4, -0.2) is 39.6 Å². The fourth-order valence-corrected chi connectivity index (χ4v) is 3.21. The van der Waals surface area contributed by atoms with E-state index in [4.69, 9.17) is 9.47 Å². The molecule has 0 saturated carbocycles. The number of nitro groups is 1. The molecule has 1 N–H and O–H groups in total. The van der Waals surface area contributed by atoms with E-state index in [0.717, 1.165) is 5.39 Å². The molecule has 1 heterocycles. The van der Waals surface area contributed by atoms with Crippen LogP contribution in [0.4, 0.5) is 10.5 Å². The lowest BCUT2D eigenvalue weighted by molar-refractivity contribution is -0.384. The molecule has 3 aromatic rings. The molecule has 0 radical (unpaired) electrons. The molecule has 0 spiro atoms. The molecule has 10 heteroatoms. The number of rotatable bonds is 7. The smallest absolute Gasteiger partial charge is 0.408 e. The molecule has 0 fully saturated rings. The summed E-state index contributed by atoms with van der Waals surface area (Å²) in [6.07, 6.45) is 1.44. The Kier molecular flexibility index (Phi) is 6.76. The zero-order chi connectivity index (χ0) is 24.2. The van der Waals surface area contributed by atoms with E-state index in [-0.39, 0.29) is 17.9 Å². The van der Waals surface area contributed by atoms with Crippen LogP contribution in [0.2, 0.25) is 0 Å². The number of para-hydroxylation sites is 1. The van der Waals surface area contributed by atoms with Gasteiger partial charge in [0.2, 0.25) is 6.41 Å². The summed E-state index contributed by atoms with van der Waals surface area (Å²) in [6, 6.07) is 11.0. The van der Waals surface area contributed by atoms with Crippen LogP contribution in [0.3, 0.4) is 0 Å². The number of nitrogens with one attached hydrogen (secondary N) is 1. The summed E-state index contributed by atoms with van der Waals surface area (Å²) in [5, 5.41) is 14.1. The average molecular weight is 453 g/mol. The van der Waals surface area contributed by atoms with E-state index in [1.54, 1.807) is 51.2 Å². The lowest BCUT2D eigenvalue weighted by Gasteiger charge is -2.23. The highest BCUT2D eigenvalue weighted by Gasteiger charge is 2.28. The van der Waals surface area contributed by atoms with Crippen LogP contribution >= 0.6 is 0 Å². The summed E-state index contributed by atoms with van der Waals surface area (Å²) in [5.41, 5.74) is 0.353. The zero-order valence-corrected chi connectivity index (χ0v) is 18.3. The zero-order valence-electron chi connectivity index (χ0n) is 18.3. The van der Waals surface area contributed by atoms with Crippen LogP contribution in [0.25, 0.3) is 10.9 Å². The summed E-state index contributed by atoms with van der Waals surface area (Å²) < 4.78 is 12.0. The number of benzene rings is 2. The standard InChI is InChI=1S/C23H23N3O7/c1-23(2,3)33-22(29)24-19(21(28)32-17-10-8-16(9-11-17)26(30)31)12-15-13-25(14-27)20-7-5-4-6-18(15)20/h4-11,13-14,19H,12H2,1-3H3,(H,24,29)/t19-/m1/s1. The number of non-ortho nitro benzene ring substituents is 1. The third-order valence-corrected chi connectivity index (χ3v) is 4.60. The third-order valence-electron chi connectivity index (χ3n) is 4.60. The van der Waals surface area contributed by atoms with Gasteiger partial charge in [0, 0.05) is 30.1 Å². The minimum Gasteiger partial charge on any atom is -0.444 e. The number of carbonyl (C=O) groups is 3. The highest BCUT2D eigenvalue weighted by Crippen LogP contribution is 2.23. The highest BCUT2D eigenvalue weighted by atomic mass is 16.6. The van der Waals surface area contributed by atoms with Crippen molar-refractivity contribution in [2.45, 2.75) is 38.8 Å². The summed E-state index contributed by atoms with van der Waals surface area (Å²) >= 11 is 0. The lowest BCUT2D eigenvalue weighted by atomic mass is 10.1. The maximum Gasteiger partial charge on any atom is 0.408 e. The fourth-order valence-electron chi connectivity index (χ4n) is 3.21. The molecule has 1 amide bonds. The van der Waals surface area contributed by atoms with E-state index >= 15 is 0 Å². The number of carbonyl (C=O) groups excluding carboxylic acids is 3. The Morgan fingerprint density at radius 3 is 2.42 bits per heavy atom. The van der Waals surface area contributed by atoms with Crippen LogP contribution in [0.15, 0.2) is 54.7 Å². The Balaban J connectivity index is 1.87.